The highest BCUT2D eigenvalue weighted by Crippen LogP contribution is 2.37. The molecule has 1 aliphatic rings. The van der Waals surface area contributed by atoms with E-state index < -0.39 is 0 Å². The van der Waals surface area contributed by atoms with Crippen molar-refractivity contribution in [2.24, 2.45) is 0 Å². The first kappa shape index (κ1) is 21.2. The van der Waals surface area contributed by atoms with Gasteiger partial charge in [-0.1, -0.05) is 65.4 Å². The van der Waals surface area contributed by atoms with Crippen LogP contribution in [0.25, 0.3) is 0 Å². The van der Waals surface area contributed by atoms with E-state index in [2.05, 4.69) is 27.4 Å². The van der Waals surface area contributed by atoms with Crippen LogP contribution in [-0.2, 0) is 14.3 Å². The molecule has 0 aromatic carbocycles. The van der Waals surface area contributed by atoms with Crippen LogP contribution in [0.3, 0.4) is 0 Å². The lowest BCUT2D eigenvalue weighted by Gasteiger charge is -2.27. The Kier molecular flexibility index (Phi) is 10.3. The summed E-state index contributed by atoms with van der Waals surface area (Å²) in [4.78, 5) is 11.8. The van der Waals surface area contributed by atoms with Crippen LogP contribution in [0.2, 0.25) is 0 Å². The molecule has 0 N–H and O–H groups in total. The third-order valence-corrected chi connectivity index (χ3v) is 5.08. The molecule has 1 heterocycles. The average molecular weight is 339 g/mol. The van der Waals surface area contributed by atoms with Gasteiger partial charge in [-0.3, -0.25) is 4.79 Å². The van der Waals surface area contributed by atoms with E-state index in [0.29, 0.717) is 13.0 Å². The van der Waals surface area contributed by atoms with Crippen LogP contribution in [0.15, 0.2) is 12.2 Å². The second kappa shape index (κ2) is 11.7. The maximum absolute atomic E-state index is 11.8. The van der Waals surface area contributed by atoms with E-state index in [-0.39, 0.29) is 17.7 Å². The molecule has 1 rings (SSSR count). The number of hydrogen-bond donors (Lipinski definition) is 0. The molecule has 2 atom stereocenters. The Hall–Kier alpha value is -0.830. The summed E-state index contributed by atoms with van der Waals surface area (Å²) in [7, 11) is 0. The summed E-state index contributed by atoms with van der Waals surface area (Å²) in [5, 5.41) is 0. The lowest BCUT2D eigenvalue weighted by Crippen LogP contribution is -2.29. The number of carbonyl (C=O) groups is 1. The largest absolute Gasteiger partial charge is 0.463 e. The predicted molar refractivity (Wildman–Crippen MR) is 100 cm³/mol. The average Bonchev–Trinajstić information content (AvgIpc) is 2.95. The van der Waals surface area contributed by atoms with E-state index in [4.69, 9.17) is 9.47 Å². The fourth-order valence-electron chi connectivity index (χ4n) is 3.35. The summed E-state index contributed by atoms with van der Waals surface area (Å²) in [6.07, 6.45) is 13.1. The number of rotatable bonds is 13. The third kappa shape index (κ3) is 7.83. The van der Waals surface area contributed by atoms with Gasteiger partial charge >= 0.3 is 5.97 Å². The Balaban J connectivity index is 2.10. The van der Waals surface area contributed by atoms with Gasteiger partial charge in [-0.2, -0.15) is 0 Å². The van der Waals surface area contributed by atoms with E-state index >= 15 is 0 Å². The van der Waals surface area contributed by atoms with Gasteiger partial charge in [0.15, 0.2) is 0 Å². The van der Waals surface area contributed by atoms with Gasteiger partial charge < -0.3 is 9.47 Å². The monoisotopic (exact) mass is 338 g/mol. The maximum atomic E-state index is 11.8. The summed E-state index contributed by atoms with van der Waals surface area (Å²) in [6.45, 7) is 11.1. The van der Waals surface area contributed by atoms with Crippen LogP contribution in [-0.4, -0.2) is 24.3 Å². The van der Waals surface area contributed by atoms with Crippen LogP contribution >= 0.6 is 0 Å². The number of hydrogen-bond acceptors (Lipinski definition) is 3. The summed E-state index contributed by atoms with van der Waals surface area (Å²) >= 11 is 0. The van der Waals surface area contributed by atoms with Crippen molar-refractivity contribution in [1.82, 2.24) is 0 Å². The molecule has 2 unspecified atom stereocenters. The summed E-state index contributed by atoms with van der Waals surface area (Å²) in [6, 6.07) is 0. The van der Waals surface area contributed by atoms with Gasteiger partial charge in [0.1, 0.15) is 6.61 Å². The molecule has 3 nitrogen and oxygen atoms in total. The smallest absolute Gasteiger partial charge is 0.305 e. The molecule has 0 aliphatic carbocycles. The Labute approximate surface area is 149 Å². The first-order valence-corrected chi connectivity index (χ1v) is 10.0. The zero-order chi connectivity index (χ0) is 17.8. The maximum Gasteiger partial charge on any atom is 0.305 e. The van der Waals surface area contributed by atoms with Crippen molar-refractivity contribution in [2.75, 3.05) is 6.61 Å². The standard InChI is InChI=1S/C21H38O3/c1-5-7-8-9-10-11-12-14-20(22)23-17-19-15-16-21(4,24-19)18(3)13-6-2/h19H,3,5-17H2,1-2,4H3. The fourth-order valence-corrected chi connectivity index (χ4v) is 3.35. The molecule has 0 spiro atoms. The van der Waals surface area contributed by atoms with Crippen molar-refractivity contribution in [2.45, 2.75) is 110 Å². The van der Waals surface area contributed by atoms with Crippen LogP contribution in [0.4, 0.5) is 0 Å². The summed E-state index contributed by atoms with van der Waals surface area (Å²) in [5.74, 6) is -0.0758. The van der Waals surface area contributed by atoms with Gasteiger partial charge in [0.2, 0.25) is 0 Å². The van der Waals surface area contributed by atoms with Crippen molar-refractivity contribution >= 4 is 5.97 Å². The van der Waals surface area contributed by atoms with E-state index in [1.54, 1.807) is 0 Å². The molecule has 0 saturated carbocycles. The molecular formula is C21H38O3. The van der Waals surface area contributed by atoms with Crippen molar-refractivity contribution in [3.63, 3.8) is 0 Å². The number of carbonyl (C=O) groups excluding carboxylic acids is 1. The zero-order valence-electron chi connectivity index (χ0n) is 16.2. The molecule has 24 heavy (non-hydrogen) atoms. The first-order valence-electron chi connectivity index (χ1n) is 10.0. The summed E-state index contributed by atoms with van der Waals surface area (Å²) in [5.41, 5.74) is 0.938. The minimum atomic E-state index is -0.231. The zero-order valence-corrected chi connectivity index (χ0v) is 16.2. The van der Waals surface area contributed by atoms with Crippen LogP contribution < -0.4 is 0 Å². The Morgan fingerprint density at radius 3 is 2.42 bits per heavy atom. The number of esters is 1. The molecule has 0 aromatic heterocycles. The van der Waals surface area contributed by atoms with Gasteiger partial charge in [-0.15, -0.1) is 0 Å². The van der Waals surface area contributed by atoms with Crippen molar-refractivity contribution < 1.29 is 14.3 Å². The Morgan fingerprint density at radius 2 is 1.75 bits per heavy atom. The molecule has 0 aromatic rings. The Morgan fingerprint density at radius 1 is 1.08 bits per heavy atom. The lowest BCUT2D eigenvalue weighted by atomic mass is 9.91. The predicted octanol–water partition coefficient (Wildman–Crippen LogP) is 5.96. The van der Waals surface area contributed by atoms with Gasteiger partial charge in [0.25, 0.3) is 0 Å². The van der Waals surface area contributed by atoms with E-state index in [1.165, 1.54) is 37.7 Å². The first-order chi connectivity index (χ1) is 11.5. The van der Waals surface area contributed by atoms with E-state index in [9.17, 15) is 4.79 Å². The highest BCUT2D eigenvalue weighted by molar-refractivity contribution is 5.69. The fraction of sp³-hybridized carbons (Fsp3) is 0.857. The molecule has 1 fully saturated rings. The second-order valence-electron chi connectivity index (χ2n) is 7.42. The minimum absolute atomic E-state index is 0.0293. The third-order valence-electron chi connectivity index (χ3n) is 5.08. The SMILES string of the molecule is C=C(CCC)C1(C)CCC(COC(=O)CCCCCCCCC)O1. The lowest BCUT2D eigenvalue weighted by molar-refractivity contribution is -0.148. The molecule has 1 aliphatic heterocycles. The topological polar surface area (TPSA) is 35.5 Å². The number of unbranched alkanes of at least 4 members (excludes halogenated alkanes) is 6. The van der Waals surface area contributed by atoms with Crippen LogP contribution in [0.1, 0.15) is 97.8 Å². The van der Waals surface area contributed by atoms with Gasteiger partial charge in [0.05, 0.1) is 11.7 Å². The van der Waals surface area contributed by atoms with Gasteiger partial charge in [0, 0.05) is 6.42 Å². The van der Waals surface area contributed by atoms with Gasteiger partial charge in [-0.25, -0.2) is 0 Å². The molecule has 140 valence electrons. The minimum Gasteiger partial charge on any atom is -0.463 e. The molecule has 3 heteroatoms. The number of ether oxygens (including phenoxy) is 2. The van der Waals surface area contributed by atoms with Crippen molar-refractivity contribution in [1.29, 1.82) is 0 Å². The molecule has 1 saturated heterocycles. The normalized spacial score (nSPS) is 23.4. The van der Waals surface area contributed by atoms with Gasteiger partial charge in [-0.05, 0) is 38.2 Å². The van der Waals surface area contributed by atoms with E-state index in [0.717, 1.165) is 38.5 Å². The Bertz CT molecular complexity index is 377. The van der Waals surface area contributed by atoms with Crippen molar-refractivity contribution in [3.05, 3.63) is 12.2 Å². The molecule has 0 radical (unpaired) electrons. The quantitative estimate of drug-likeness (QED) is 0.236. The molecular weight excluding hydrogens is 300 g/mol. The molecule has 0 amide bonds. The van der Waals surface area contributed by atoms with Crippen LogP contribution in [0.5, 0.6) is 0 Å². The summed E-state index contributed by atoms with van der Waals surface area (Å²) < 4.78 is 11.5. The molecule has 0 bridgehead atoms. The second-order valence-corrected chi connectivity index (χ2v) is 7.42. The highest BCUT2D eigenvalue weighted by Gasteiger charge is 2.38. The van der Waals surface area contributed by atoms with Crippen LogP contribution in [0, 0.1) is 0 Å². The highest BCUT2D eigenvalue weighted by atomic mass is 16.6. The van der Waals surface area contributed by atoms with Crippen molar-refractivity contribution in [3.8, 4) is 0 Å². The van der Waals surface area contributed by atoms with E-state index in [1.807, 2.05) is 0 Å².